The molecule has 1 unspecified atom stereocenters. The number of pyridine rings is 1. The molecule has 0 spiro atoms. The highest BCUT2D eigenvalue weighted by atomic mass is 35.7. The molecule has 0 bridgehead atoms. The molecule has 0 saturated carbocycles. The van der Waals surface area contributed by atoms with Crippen molar-refractivity contribution in [3.8, 4) is 0 Å². The van der Waals surface area contributed by atoms with E-state index >= 15 is 0 Å². The molecule has 2 aromatic heterocycles. The summed E-state index contributed by atoms with van der Waals surface area (Å²) in [5.74, 6) is 0.274. The Labute approximate surface area is 230 Å². The molecule has 0 N–H and O–H groups in total. The monoisotopic (exact) mass is 583 g/mol. The fourth-order valence-electron chi connectivity index (χ4n) is 4.94. The number of ether oxygens (including phenoxy) is 1. The maximum absolute atomic E-state index is 14.0. The number of rotatable bonds is 2. The molecule has 4 heterocycles. The van der Waals surface area contributed by atoms with Crippen molar-refractivity contribution in [1.82, 2.24) is 19.4 Å². The summed E-state index contributed by atoms with van der Waals surface area (Å²) in [6, 6.07) is 7.56. The molecule has 1 amide bonds. The van der Waals surface area contributed by atoms with Crippen LogP contribution in [0.4, 0.5) is 23.8 Å². The van der Waals surface area contributed by atoms with E-state index in [4.69, 9.17) is 15.4 Å². The van der Waals surface area contributed by atoms with Gasteiger partial charge in [0.1, 0.15) is 11.4 Å². The average Bonchev–Trinajstić information content (AvgIpc) is 3.02. The number of carbonyl (C=O) groups excluding carboxylic acids is 1. The molecule has 8 nitrogen and oxygen atoms in total. The number of thiol groups is 1. The van der Waals surface area contributed by atoms with Crippen molar-refractivity contribution in [3.05, 3.63) is 58.3 Å². The van der Waals surface area contributed by atoms with Gasteiger partial charge in [-0.2, -0.15) is 18.2 Å². The van der Waals surface area contributed by atoms with Crippen LogP contribution in [-0.4, -0.2) is 63.1 Å². The van der Waals surface area contributed by atoms with Crippen LogP contribution in [0.15, 0.2) is 46.2 Å². The van der Waals surface area contributed by atoms with Crippen LogP contribution in [0.3, 0.4) is 0 Å². The van der Waals surface area contributed by atoms with Gasteiger partial charge in [-0.3, -0.25) is 9.55 Å². The van der Waals surface area contributed by atoms with Crippen LogP contribution < -0.4 is 10.6 Å². The third-order valence-electron chi connectivity index (χ3n) is 6.74. The van der Waals surface area contributed by atoms with E-state index in [0.29, 0.717) is 16.2 Å². The predicted molar refractivity (Wildman–Crippen MR) is 146 cm³/mol. The number of amides is 1. The van der Waals surface area contributed by atoms with Crippen molar-refractivity contribution < 1.29 is 22.7 Å². The molecule has 1 fully saturated rings. The van der Waals surface area contributed by atoms with Crippen molar-refractivity contribution in [3.63, 3.8) is 0 Å². The number of hydrogen-bond donors (Lipinski definition) is 1. The Morgan fingerprint density at radius 1 is 1.13 bits per heavy atom. The third kappa shape index (κ3) is 5.67. The summed E-state index contributed by atoms with van der Waals surface area (Å²) in [7, 11) is 5.28. The zero-order valence-electron chi connectivity index (χ0n) is 21.7. The fourth-order valence-corrected chi connectivity index (χ4v) is 7.46. The molecule has 5 rings (SSSR count). The Morgan fingerprint density at radius 3 is 2.46 bits per heavy atom. The van der Waals surface area contributed by atoms with E-state index in [2.05, 4.69) is 9.97 Å². The summed E-state index contributed by atoms with van der Waals surface area (Å²) in [6.07, 6.45) is -3.43. The summed E-state index contributed by atoms with van der Waals surface area (Å²) >= 11 is 0. The molecule has 0 radical (unpaired) electrons. The van der Waals surface area contributed by atoms with E-state index in [1.165, 1.54) is 4.57 Å². The predicted octanol–water partition coefficient (Wildman–Crippen LogP) is 5.18. The Morgan fingerprint density at radius 2 is 1.85 bits per heavy atom. The molecule has 1 aromatic carbocycles. The van der Waals surface area contributed by atoms with Crippen LogP contribution in [0.5, 0.6) is 0 Å². The minimum atomic E-state index is -4.61. The first-order valence-corrected chi connectivity index (χ1v) is 15.0. The second-order valence-corrected chi connectivity index (χ2v) is 13.5. The molecule has 3 aromatic rings. The van der Waals surface area contributed by atoms with Crippen LogP contribution in [0.1, 0.15) is 37.9 Å². The lowest BCUT2D eigenvalue weighted by Gasteiger charge is -2.36. The van der Waals surface area contributed by atoms with Gasteiger partial charge in [0, 0.05) is 66.6 Å². The van der Waals surface area contributed by atoms with Crippen LogP contribution in [0.2, 0.25) is 0 Å². The highest BCUT2D eigenvalue weighted by Gasteiger charge is 2.36. The van der Waals surface area contributed by atoms with Gasteiger partial charge in [-0.25, -0.2) is 9.59 Å². The standard InChI is InChI=1S/C26H29ClF3N5O3S/c1-25(2,3)38-24(37)34-10-8-33(9-11-34)22-18-12-17(26(28,29)30)13-20-21(18)35(23(36)32-22)14-16(15-39(20)27)19-6-4-5-7-31-19/h4-7,12-13,16,39H,8-11,14-15H2,1-3H3/t16-/m0/s1. The summed E-state index contributed by atoms with van der Waals surface area (Å²) in [6.45, 7) is 6.64. The first-order chi connectivity index (χ1) is 18.3. The minimum absolute atomic E-state index is 0.166. The molecule has 0 aliphatic carbocycles. The highest BCUT2D eigenvalue weighted by Crippen LogP contribution is 2.51. The number of carbonyl (C=O) groups is 1. The van der Waals surface area contributed by atoms with E-state index in [0.717, 1.165) is 17.8 Å². The molecule has 210 valence electrons. The second kappa shape index (κ2) is 10.2. The van der Waals surface area contributed by atoms with Gasteiger partial charge in [0.2, 0.25) is 0 Å². The number of aromatic nitrogens is 3. The second-order valence-electron chi connectivity index (χ2n) is 10.7. The van der Waals surface area contributed by atoms with E-state index in [1.54, 1.807) is 42.8 Å². The quantitative estimate of drug-likeness (QED) is 0.419. The van der Waals surface area contributed by atoms with E-state index < -0.39 is 39.2 Å². The Balaban J connectivity index is 1.58. The summed E-state index contributed by atoms with van der Waals surface area (Å²) in [4.78, 5) is 38.2. The lowest BCUT2D eigenvalue weighted by molar-refractivity contribution is -0.137. The van der Waals surface area contributed by atoms with Crippen LogP contribution >= 0.6 is 20.8 Å². The highest BCUT2D eigenvalue weighted by molar-refractivity contribution is 8.36. The number of alkyl halides is 3. The summed E-state index contributed by atoms with van der Waals surface area (Å²) in [5.41, 5.74) is -0.949. The molecule has 2 aliphatic heterocycles. The average molecular weight is 584 g/mol. The molecule has 39 heavy (non-hydrogen) atoms. The zero-order chi connectivity index (χ0) is 28.1. The molecular formula is C26H29ClF3N5O3S. The lowest BCUT2D eigenvalue weighted by atomic mass is 10.1. The number of halogens is 4. The number of nitrogens with zero attached hydrogens (tertiary/aromatic N) is 5. The van der Waals surface area contributed by atoms with Gasteiger partial charge in [-0.1, -0.05) is 16.7 Å². The van der Waals surface area contributed by atoms with Gasteiger partial charge in [0.15, 0.2) is 0 Å². The maximum atomic E-state index is 14.0. The Bertz CT molecular complexity index is 1450. The first kappa shape index (κ1) is 27.6. The Hall–Kier alpha value is -2.99. The summed E-state index contributed by atoms with van der Waals surface area (Å²) in [5, 5.41) is 0.222. The minimum Gasteiger partial charge on any atom is -0.444 e. The van der Waals surface area contributed by atoms with Crippen molar-refractivity contribution in [2.24, 2.45) is 0 Å². The molecule has 13 heteroatoms. The van der Waals surface area contributed by atoms with Crippen LogP contribution in [-0.2, 0) is 17.5 Å². The zero-order valence-corrected chi connectivity index (χ0v) is 23.4. The van der Waals surface area contributed by atoms with Gasteiger partial charge >= 0.3 is 18.0 Å². The molecule has 1 saturated heterocycles. The molecule has 2 atom stereocenters. The van der Waals surface area contributed by atoms with Crippen molar-refractivity contribution in [2.75, 3.05) is 36.8 Å². The van der Waals surface area contributed by atoms with Crippen molar-refractivity contribution in [1.29, 1.82) is 0 Å². The largest absolute Gasteiger partial charge is 0.444 e. The smallest absolute Gasteiger partial charge is 0.416 e. The van der Waals surface area contributed by atoms with E-state index in [-0.39, 0.29) is 49.8 Å². The van der Waals surface area contributed by atoms with Gasteiger partial charge < -0.3 is 14.5 Å². The molecule has 2 aliphatic rings. The van der Waals surface area contributed by atoms with Crippen LogP contribution in [0, 0.1) is 0 Å². The number of hydrogen-bond acceptors (Lipinski definition) is 6. The topological polar surface area (TPSA) is 80.6 Å². The molecular weight excluding hydrogens is 555 g/mol. The maximum Gasteiger partial charge on any atom is 0.416 e. The number of anilines is 1. The van der Waals surface area contributed by atoms with Gasteiger partial charge in [-0.15, -0.1) is 10.1 Å². The SMILES string of the molecule is CC(C)(C)OC(=O)N1CCN(c2nc(=O)n3c4c(cc(C(F)(F)F)cc24)[SH](Cl)C[C@@H](c2ccccn2)C3)CC1. The van der Waals surface area contributed by atoms with Gasteiger partial charge in [0.25, 0.3) is 0 Å². The third-order valence-corrected chi connectivity index (χ3v) is 9.33. The van der Waals surface area contributed by atoms with E-state index in [1.807, 2.05) is 12.1 Å². The number of benzene rings is 1. The van der Waals surface area contributed by atoms with Crippen LogP contribution in [0.25, 0.3) is 10.9 Å². The lowest BCUT2D eigenvalue weighted by Crippen LogP contribution is -2.50. The summed E-state index contributed by atoms with van der Waals surface area (Å²) < 4.78 is 49.0. The first-order valence-electron chi connectivity index (χ1n) is 12.5. The normalized spacial score (nSPS) is 21.1. The van der Waals surface area contributed by atoms with Gasteiger partial charge in [-0.05, 0) is 45.0 Å². The van der Waals surface area contributed by atoms with Crippen molar-refractivity contribution in [2.45, 2.75) is 49.9 Å². The Kier molecular flexibility index (Phi) is 7.21. The number of piperazine rings is 1. The fraction of sp³-hybridized carbons (Fsp3) is 0.462. The van der Waals surface area contributed by atoms with Gasteiger partial charge in [0.05, 0.1) is 11.1 Å². The van der Waals surface area contributed by atoms with E-state index in [9.17, 15) is 22.8 Å². The van der Waals surface area contributed by atoms with Crippen molar-refractivity contribution >= 4 is 43.6 Å².